The predicted molar refractivity (Wildman–Crippen MR) is 66.0 cm³/mol. The molecular formula is C12H21N3O. The Morgan fingerprint density at radius 1 is 1.56 bits per heavy atom. The molecule has 0 aromatic carbocycles. The molecule has 0 fully saturated rings. The maximum Gasteiger partial charge on any atom is 0.126 e. The van der Waals surface area contributed by atoms with Crippen LogP contribution in [0.5, 0.6) is 0 Å². The van der Waals surface area contributed by atoms with Gasteiger partial charge in [0.05, 0.1) is 5.60 Å². The highest BCUT2D eigenvalue weighted by Gasteiger charge is 2.30. The topological polar surface area (TPSA) is 74.2 Å². The van der Waals surface area contributed by atoms with Crippen LogP contribution in [-0.2, 0) is 11.2 Å². The van der Waals surface area contributed by atoms with E-state index in [2.05, 4.69) is 11.9 Å². The van der Waals surface area contributed by atoms with Crippen molar-refractivity contribution in [1.82, 2.24) is 4.98 Å². The Labute approximate surface area is 97.0 Å². The van der Waals surface area contributed by atoms with Gasteiger partial charge in [-0.2, -0.15) is 0 Å². The van der Waals surface area contributed by atoms with E-state index in [0.717, 1.165) is 12.0 Å². The molecule has 0 spiro atoms. The molecule has 1 aromatic heterocycles. The summed E-state index contributed by atoms with van der Waals surface area (Å²) in [5, 5.41) is 0. The molecular weight excluding hydrogens is 202 g/mol. The van der Waals surface area contributed by atoms with Crippen molar-refractivity contribution in [3.05, 3.63) is 23.9 Å². The van der Waals surface area contributed by atoms with Gasteiger partial charge in [0.25, 0.3) is 0 Å². The molecule has 4 N–H and O–H groups in total. The monoisotopic (exact) mass is 223 g/mol. The minimum absolute atomic E-state index is 0.0889. The summed E-state index contributed by atoms with van der Waals surface area (Å²) in [4.78, 5) is 4.05. The second-order valence-corrected chi connectivity index (χ2v) is 4.23. The number of pyridine rings is 1. The van der Waals surface area contributed by atoms with E-state index in [1.165, 1.54) is 0 Å². The molecule has 4 nitrogen and oxygen atoms in total. The lowest BCUT2D eigenvalue weighted by atomic mass is 9.89. The number of methoxy groups -OCH3 is 1. The van der Waals surface area contributed by atoms with E-state index in [-0.39, 0.29) is 11.6 Å². The predicted octanol–water partition coefficient (Wildman–Crippen LogP) is 1.35. The normalized spacial score (nSPS) is 16.8. The number of hydrogen-bond donors (Lipinski definition) is 2. The highest BCUT2D eigenvalue weighted by atomic mass is 16.5. The van der Waals surface area contributed by atoms with Crippen LogP contribution in [0.15, 0.2) is 18.3 Å². The van der Waals surface area contributed by atoms with Crippen molar-refractivity contribution in [1.29, 1.82) is 0 Å². The fourth-order valence-corrected chi connectivity index (χ4v) is 1.63. The van der Waals surface area contributed by atoms with E-state index in [4.69, 9.17) is 16.2 Å². The molecule has 0 amide bonds. The van der Waals surface area contributed by atoms with Gasteiger partial charge in [-0.1, -0.05) is 13.0 Å². The Morgan fingerprint density at radius 2 is 2.25 bits per heavy atom. The summed E-state index contributed by atoms with van der Waals surface area (Å²) < 4.78 is 5.47. The van der Waals surface area contributed by atoms with Gasteiger partial charge in [-0.25, -0.2) is 4.98 Å². The number of hydrogen-bond acceptors (Lipinski definition) is 4. The van der Waals surface area contributed by atoms with Crippen molar-refractivity contribution >= 4 is 5.82 Å². The first-order chi connectivity index (χ1) is 7.53. The van der Waals surface area contributed by atoms with E-state index < -0.39 is 0 Å². The Morgan fingerprint density at radius 3 is 2.75 bits per heavy atom. The third kappa shape index (κ3) is 2.71. The molecule has 0 aliphatic heterocycles. The third-order valence-corrected chi connectivity index (χ3v) is 3.32. The SMILES string of the molecule is CCC(C)(OC)C(N)Cc1cccnc1N. The quantitative estimate of drug-likeness (QED) is 0.790. The maximum absolute atomic E-state index is 6.17. The van der Waals surface area contributed by atoms with Crippen LogP contribution in [0.4, 0.5) is 5.82 Å². The zero-order chi connectivity index (χ0) is 12.2. The number of anilines is 1. The molecule has 0 radical (unpaired) electrons. The number of rotatable bonds is 5. The van der Waals surface area contributed by atoms with Gasteiger partial charge in [0.2, 0.25) is 0 Å². The Balaban J connectivity index is 2.78. The third-order valence-electron chi connectivity index (χ3n) is 3.32. The van der Waals surface area contributed by atoms with Crippen LogP contribution < -0.4 is 11.5 Å². The molecule has 4 heteroatoms. The fraction of sp³-hybridized carbons (Fsp3) is 0.583. The highest BCUT2D eigenvalue weighted by Crippen LogP contribution is 2.22. The molecule has 1 rings (SSSR count). The fourth-order valence-electron chi connectivity index (χ4n) is 1.63. The van der Waals surface area contributed by atoms with Gasteiger partial charge < -0.3 is 16.2 Å². The standard InChI is InChI=1S/C12H21N3O/c1-4-12(2,16-3)10(13)8-9-6-5-7-15-11(9)14/h5-7,10H,4,8,13H2,1-3H3,(H2,14,15). The smallest absolute Gasteiger partial charge is 0.126 e. The van der Waals surface area contributed by atoms with Crippen LogP contribution in [0, 0.1) is 0 Å². The molecule has 0 saturated heterocycles. The van der Waals surface area contributed by atoms with Crippen LogP contribution in [0.25, 0.3) is 0 Å². The summed E-state index contributed by atoms with van der Waals surface area (Å²) in [5.74, 6) is 0.549. The first-order valence-corrected chi connectivity index (χ1v) is 5.53. The first-order valence-electron chi connectivity index (χ1n) is 5.53. The molecule has 0 aliphatic rings. The summed E-state index contributed by atoms with van der Waals surface area (Å²) in [5.41, 5.74) is 12.6. The highest BCUT2D eigenvalue weighted by molar-refractivity contribution is 5.39. The van der Waals surface area contributed by atoms with Gasteiger partial charge in [-0.05, 0) is 31.4 Å². The summed E-state index contributed by atoms with van der Waals surface area (Å²) in [6.45, 7) is 4.08. The summed E-state index contributed by atoms with van der Waals surface area (Å²) >= 11 is 0. The first kappa shape index (κ1) is 12.9. The number of nitrogens with zero attached hydrogens (tertiary/aromatic N) is 1. The van der Waals surface area contributed by atoms with Gasteiger partial charge in [-0.15, -0.1) is 0 Å². The van der Waals surface area contributed by atoms with Crippen LogP contribution >= 0.6 is 0 Å². The van der Waals surface area contributed by atoms with Crippen LogP contribution in [0.1, 0.15) is 25.8 Å². The van der Waals surface area contributed by atoms with Crippen LogP contribution in [0.3, 0.4) is 0 Å². The molecule has 2 unspecified atom stereocenters. The minimum Gasteiger partial charge on any atom is -0.383 e. The van der Waals surface area contributed by atoms with Crippen molar-refractivity contribution in [3.8, 4) is 0 Å². The van der Waals surface area contributed by atoms with Gasteiger partial charge in [-0.3, -0.25) is 0 Å². The Bertz CT molecular complexity index is 337. The van der Waals surface area contributed by atoms with Gasteiger partial charge in [0.1, 0.15) is 5.82 Å². The molecule has 0 aliphatic carbocycles. The summed E-state index contributed by atoms with van der Waals surface area (Å²) in [7, 11) is 1.69. The van der Waals surface area contributed by atoms with Crippen molar-refractivity contribution in [3.63, 3.8) is 0 Å². The van der Waals surface area contributed by atoms with E-state index in [1.807, 2.05) is 19.1 Å². The van der Waals surface area contributed by atoms with E-state index in [0.29, 0.717) is 12.2 Å². The molecule has 1 heterocycles. The van der Waals surface area contributed by atoms with Crippen LogP contribution in [-0.4, -0.2) is 23.7 Å². The van der Waals surface area contributed by atoms with Gasteiger partial charge >= 0.3 is 0 Å². The Hall–Kier alpha value is -1.13. The average Bonchev–Trinajstić information content (AvgIpc) is 2.31. The second kappa shape index (κ2) is 5.27. The van der Waals surface area contributed by atoms with Crippen molar-refractivity contribution in [2.45, 2.75) is 38.3 Å². The number of nitrogen functional groups attached to an aromatic ring is 1. The molecule has 0 saturated carbocycles. The number of nitrogens with two attached hydrogens (primary N) is 2. The molecule has 1 aromatic rings. The maximum atomic E-state index is 6.17. The minimum atomic E-state index is -0.317. The van der Waals surface area contributed by atoms with Gasteiger partial charge in [0, 0.05) is 19.3 Å². The van der Waals surface area contributed by atoms with E-state index in [1.54, 1.807) is 13.3 Å². The van der Waals surface area contributed by atoms with Crippen molar-refractivity contribution < 1.29 is 4.74 Å². The number of ether oxygens (including phenoxy) is 1. The largest absolute Gasteiger partial charge is 0.383 e. The van der Waals surface area contributed by atoms with Gasteiger partial charge in [0.15, 0.2) is 0 Å². The molecule has 0 bridgehead atoms. The van der Waals surface area contributed by atoms with Crippen molar-refractivity contribution in [2.24, 2.45) is 5.73 Å². The lowest BCUT2D eigenvalue weighted by molar-refractivity contribution is -0.0184. The van der Waals surface area contributed by atoms with Crippen molar-refractivity contribution in [2.75, 3.05) is 12.8 Å². The zero-order valence-corrected chi connectivity index (χ0v) is 10.2. The van der Waals surface area contributed by atoms with E-state index in [9.17, 15) is 0 Å². The zero-order valence-electron chi connectivity index (χ0n) is 10.2. The lowest BCUT2D eigenvalue weighted by Crippen LogP contribution is -2.48. The van der Waals surface area contributed by atoms with E-state index >= 15 is 0 Å². The Kier molecular flexibility index (Phi) is 4.26. The lowest BCUT2D eigenvalue weighted by Gasteiger charge is -2.33. The molecule has 2 atom stereocenters. The molecule has 90 valence electrons. The summed E-state index contributed by atoms with van der Waals surface area (Å²) in [6, 6.07) is 3.73. The molecule has 16 heavy (non-hydrogen) atoms. The van der Waals surface area contributed by atoms with Crippen LogP contribution in [0.2, 0.25) is 0 Å². The number of aromatic nitrogens is 1. The average molecular weight is 223 g/mol. The summed E-state index contributed by atoms with van der Waals surface area (Å²) in [6.07, 6.45) is 3.22. The second-order valence-electron chi connectivity index (χ2n) is 4.23.